The van der Waals surface area contributed by atoms with Crippen LogP contribution in [0.3, 0.4) is 0 Å². The summed E-state index contributed by atoms with van der Waals surface area (Å²) < 4.78 is 24.2. The van der Waals surface area contributed by atoms with E-state index in [2.05, 4.69) is 0 Å². The molecule has 0 saturated carbocycles. The van der Waals surface area contributed by atoms with Crippen LogP contribution >= 0.6 is 0 Å². The minimum Gasteiger partial charge on any atom is -0.480 e. The molecule has 0 radical (unpaired) electrons. The van der Waals surface area contributed by atoms with Gasteiger partial charge >= 0.3 is 5.97 Å². The first kappa shape index (κ1) is 15.9. The Morgan fingerprint density at radius 1 is 1.24 bits per heavy atom. The van der Waals surface area contributed by atoms with E-state index in [0.717, 1.165) is 4.31 Å². The number of rotatable bonds is 7. The monoisotopic (exact) mass is 266 g/mol. The number of hydrogen-bond donors (Lipinski definition) is 1. The zero-order valence-electron chi connectivity index (χ0n) is 10.2. The summed E-state index contributed by atoms with van der Waals surface area (Å²) in [6, 6.07) is 0. The fourth-order valence-corrected chi connectivity index (χ4v) is 2.37. The zero-order chi connectivity index (χ0) is 13.6. The average Bonchev–Trinajstić information content (AvgIpc) is 2.14. The van der Waals surface area contributed by atoms with Crippen LogP contribution in [-0.4, -0.2) is 67.5 Å². The molecule has 17 heavy (non-hydrogen) atoms. The number of likely N-dealkylation sites (N-methyl/N-ethyl adjacent to an activating group) is 1. The van der Waals surface area contributed by atoms with Crippen LogP contribution < -0.4 is 0 Å². The third-order valence-corrected chi connectivity index (χ3v) is 3.69. The molecule has 0 aromatic heterocycles. The third kappa shape index (κ3) is 5.64. The molecule has 0 rings (SSSR count). The van der Waals surface area contributed by atoms with Crippen LogP contribution in [-0.2, 0) is 19.6 Å². The molecule has 7 nitrogen and oxygen atoms in total. The predicted molar refractivity (Wildman–Crippen MR) is 62.0 cm³/mol. The zero-order valence-corrected chi connectivity index (χ0v) is 11.0. The molecule has 100 valence electrons. The molecule has 0 fully saturated rings. The Labute approximate surface area is 101 Å². The lowest BCUT2D eigenvalue weighted by atomic mass is 10.4. The second-order valence-electron chi connectivity index (χ2n) is 3.77. The van der Waals surface area contributed by atoms with Crippen LogP contribution in [0.15, 0.2) is 0 Å². The van der Waals surface area contributed by atoms with Crippen molar-refractivity contribution in [3.05, 3.63) is 0 Å². The van der Waals surface area contributed by atoms with E-state index >= 15 is 0 Å². The number of carbonyl (C=O) groups is 2. The van der Waals surface area contributed by atoms with Crippen LogP contribution in [0, 0.1) is 0 Å². The molecule has 0 aliphatic rings. The maximum atomic E-state index is 11.7. The largest absolute Gasteiger partial charge is 0.480 e. The molecule has 0 spiro atoms. The summed E-state index contributed by atoms with van der Waals surface area (Å²) in [6.07, 6.45) is 0.513. The topological polar surface area (TPSA) is 95.0 Å². The van der Waals surface area contributed by atoms with E-state index in [9.17, 15) is 18.0 Å². The minimum atomic E-state index is -3.93. The van der Waals surface area contributed by atoms with Gasteiger partial charge in [-0.25, -0.2) is 8.42 Å². The van der Waals surface area contributed by atoms with Crippen molar-refractivity contribution in [3.8, 4) is 0 Å². The smallest absolute Gasteiger partial charge is 0.320 e. The Balaban J connectivity index is 4.84. The van der Waals surface area contributed by atoms with Gasteiger partial charge in [-0.3, -0.25) is 9.59 Å². The normalized spacial score (nSPS) is 11.5. The standard InChI is InChI=1S/C9H18N2O5S/c1-4-5-11(6-8(12)10(2)3)17(15,16)7-9(13)14/h4-7H2,1-3H3,(H,13,14). The van der Waals surface area contributed by atoms with Crippen LogP contribution in [0.5, 0.6) is 0 Å². The van der Waals surface area contributed by atoms with E-state index in [1.54, 1.807) is 6.92 Å². The van der Waals surface area contributed by atoms with Gasteiger partial charge in [-0.1, -0.05) is 6.92 Å². The lowest BCUT2D eigenvalue weighted by Gasteiger charge is -2.21. The molecule has 0 aromatic rings. The van der Waals surface area contributed by atoms with Gasteiger partial charge in [0, 0.05) is 20.6 Å². The number of aliphatic carboxylic acids is 1. The molecule has 0 saturated heterocycles. The van der Waals surface area contributed by atoms with Crippen molar-refractivity contribution in [3.63, 3.8) is 0 Å². The van der Waals surface area contributed by atoms with Crippen LogP contribution in [0.1, 0.15) is 13.3 Å². The van der Waals surface area contributed by atoms with Gasteiger partial charge in [-0.2, -0.15) is 4.31 Å². The van der Waals surface area contributed by atoms with Crippen LogP contribution in [0.2, 0.25) is 0 Å². The van der Waals surface area contributed by atoms with Gasteiger partial charge in [0.1, 0.15) is 0 Å². The first-order chi connectivity index (χ1) is 7.70. The summed E-state index contributed by atoms with van der Waals surface area (Å²) >= 11 is 0. The Kier molecular flexibility index (Phi) is 6.11. The number of carbonyl (C=O) groups excluding carboxylic acids is 1. The molecule has 0 aliphatic heterocycles. The summed E-state index contributed by atoms with van der Waals surface area (Å²) in [5, 5.41) is 8.51. The molecular formula is C9H18N2O5S. The van der Waals surface area contributed by atoms with E-state index in [4.69, 9.17) is 5.11 Å². The molecule has 0 heterocycles. The second-order valence-corrected chi connectivity index (χ2v) is 5.74. The SMILES string of the molecule is CCCN(CC(=O)N(C)C)S(=O)(=O)CC(=O)O. The van der Waals surface area contributed by atoms with Crippen molar-refractivity contribution in [2.45, 2.75) is 13.3 Å². The van der Waals surface area contributed by atoms with Gasteiger partial charge in [-0.05, 0) is 6.42 Å². The first-order valence-electron chi connectivity index (χ1n) is 5.10. The van der Waals surface area contributed by atoms with Crippen molar-refractivity contribution in [2.75, 3.05) is 32.9 Å². The second kappa shape index (κ2) is 6.55. The van der Waals surface area contributed by atoms with E-state index in [-0.39, 0.29) is 19.0 Å². The third-order valence-electron chi connectivity index (χ3n) is 1.98. The van der Waals surface area contributed by atoms with Gasteiger partial charge in [-0.15, -0.1) is 0 Å². The van der Waals surface area contributed by atoms with Crippen LogP contribution in [0.25, 0.3) is 0 Å². The van der Waals surface area contributed by atoms with Gasteiger partial charge in [0.25, 0.3) is 0 Å². The van der Waals surface area contributed by atoms with Gasteiger partial charge < -0.3 is 10.0 Å². The first-order valence-corrected chi connectivity index (χ1v) is 6.71. The molecule has 0 aromatic carbocycles. The highest BCUT2D eigenvalue weighted by Crippen LogP contribution is 2.04. The van der Waals surface area contributed by atoms with Crippen molar-refractivity contribution in [1.29, 1.82) is 0 Å². The minimum absolute atomic E-state index is 0.134. The summed E-state index contributed by atoms with van der Waals surface area (Å²) in [5.74, 6) is -2.80. The maximum absolute atomic E-state index is 11.7. The fraction of sp³-hybridized carbons (Fsp3) is 0.778. The molecule has 0 unspecified atom stereocenters. The Bertz CT molecular complexity index is 377. The molecule has 1 amide bonds. The molecule has 0 aliphatic carbocycles. The Morgan fingerprint density at radius 2 is 1.76 bits per heavy atom. The molecule has 0 atom stereocenters. The predicted octanol–water partition coefficient (Wildman–Crippen LogP) is -0.799. The lowest BCUT2D eigenvalue weighted by Crippen LogP contribution is -2.42. The Hall–Kier alpha value is -1.15. The van der Waals surface area contributed by atoms with Gasteiger partial charge in [0.15, 0.2) is 5.75 Å². The number of amides is 1. The summed E-state index contributed by atoms with van der Waals surface area (Å²) in [5.41, 5.74) is 0. The van der Waals surface area contributed by atoms with E-state index in [1.807, 2.05) is 0 Å². The van der Waals surface area contributed by atoms with Crippen molar-refractivity contribution < 1.29 is 23.1 Å². The average molecular weight is 266 g/mol. The van der Waals surface area contributed by atoms with E-state index < -0.39 is 21.7 Å². The highest BCUT2D eigenvalue weighted by Gasteiger charge is 2.26. The lowest BCUT2D eigenvalue weighted by molar-refractivity contribution is -0.134. The van der Waals surface area contributed by atoms with Crippen molar-refractivity contribution >= 4 is 21.9 Å². The molecule has 1 N–H and O–H groups in total. The summed E-state index contributed by atoms with van der Waals surface area (Å²) in [4.78, 5) is 23.1. The molecular weight excluding hydrogens is 248 g/mol. The number of carboxylic acids is 1. The molecule has 0 bridgehead atoms. The van der Waals surface area contributed by atoms with E-state index in [0.29, 0.717) is 6.42 Å². The van der Waals surface area contributed by atoms with Crippen molar-refractivity contribution in [2.24, 2.45) is 0 Å². The highest BCUT2D eigenvalue weighted by molar-refractivity contribution is 7.89. The molecule has 8 heteroatoms. The summed E-state index contributed by atoms with van der Waals surface area (Å²) in [7, 11) is -0.906. The Morgan fingerprint density at radius 3 is 2.12 bits per heavy atom. The number of hydrogen-bond acceptors (Lipinski definition) is 4. The quantitative estimate of drug-likeness (QED) is 0.651. The summed E-state index contributed by atoms with van der Waals surface area (Å²) in [6.45, 7) is 1.56. The number of sulfonamides is 1. The van der Waals surface area contributed by atoms with Crippen LogP contribution in [0.4, 0.5) is 0 Å². The highest BCUT2D eigenvalue weighted by atomic mass is 32.2. The van der Waals surface area contributed by atoms with Crippen molar-refractivity contribution in [1.82, 2.24) is 9.21 Å². The maximum Gasteiger partial charge on any atom is 0.320 e. The van der Waals surface area contributed by atoms with Gasteiger partial charge in [0.2, 0.25) is 15.9 Å². The number of carboxylic acid groups (broad SMARTS) is 1. The fourth-order valence-electron chi connectivity index (χ4n) is 1.11. The van der Waals surface area contributed by atoms with E-state index in [1.165, 1.54) is 19.0 Å². The van der Waals surface area contributed by atoms with Gasteiger partial charge in [0.05, 0.1) is 6.54 Å². The number of nitrogens with zero attached hydrogens (tertiary/aromatic N) is 2.